The van der Waals surface area contributed by atoms with Gasteiger partial charge in [-0.05, 0) is 40.3 Å². The van der Waals surface area contributed by atoms with Crippen molar-refractivity contribution in [2.24, 2.45) is 0 Å². The Hall–Kier alpha value is -3.07. The highest BCUT2D eigenvalue weighted by Gasteiger charge is 2.24. The minimum atomic E-state index is -0.0894. The van der Waals surface area contributed by atoms with Gasteiger partial charge in [-0.1, -0.05) is 42.5 Å². The highest BCUT2D eigenvalue weighted by molar-refractivity contribution is 6.23. The first-order chi connectivity index (χ1) is 11.2. The lowest BCUT2D eigenvalue weighted by atomic mass is 9.86. The van der Waals surface area contributed by atoms with Crippen molar-refractivity contribution in [1.29, 1.82) is 0 Å². The SMILES string of the molecule is COC1=Cc2c(-c3ccc(O)cc3)ccc3cccc(c23)C1=O. The van der Waals surface area contributed by atoms with Gasteiger partial charge in [-0.2, -0.15) is 0 Å². The smallest absolute Gasteiger partial charge is 0.228 e. The summed E-state index contributed by atoms with van der Waals surface area (Å²) in [7, 11) is 1.51. The Morgan fingerprint density at radius 3 is 2.43 bits per heavy atom. The molecule has 112 valence electrons. The first kappa shape index (κ1) is 13.6. The Balaban J connectivity index is 2.08. The summed E-state index contributed by atoms with van der Waals surface area (Å²) in [6.45, 7) is 0. The van der Waals surface area contributed by atoms with Crippen LogP contribution in [0.2, 0.25) is 0 Å². The number of ketones is 1. The number of hydrogen-bond donors (Lipinski definition) is 1. The van der Waals surface area contributed by atoms with Gasteiger partial charge in [0.25, 0.3) is 0 Å². The van der Waals surface area contributed by atoms with Crippen LogP contribution in [0, 0.1) is 0 Å². The fourth-order valence-corrected chi connectivity index (χ4v) is 3.12. The van der Waals surface area contributed by atoms with Gasteiger partial charge in [-0.3, -0.25) is 4.79 Å². The monoisotopic (exact) mass is 302 g/mol. The third-order valence-corrected chi connectivity index (χ3v) is 4.23. The van der Waals surface area contributed by atoms with Gasteiger partial charge in [-0.15, -0.1) is 0 Å². The topological polar surface area (TPSA) is 46.5 Å². The Labute approximate surface area is 133 Å². The number of phenols is 1. The van der Waals surface area contributed by atoms with Crippen LogP contribution in [0.3, 0.4) is 0 Å². The summed E-state index contributed by atoms with van der Waals surface area (Å²) in [6, 6.07) is 16.8. The van der Waals surface area contributed by atoms with Crippen molar-refractivity contribution in [3.63, 3.8) is 0 Å². The Morgan fingerprint density at radius 1 is 0.913 bits per heavy atom. The van der Waals surface area contributed by atoms with Gasteiger partial charge < -0.3 is 9.84 Å². The van der Waals surface area contributed by atoms with Crippen LogP contribution in [0.5, 0.6) is 5.75 Å². The molecule has 0 spiro atoms. The molecule has 0 bridgehead atoms. The highest BCUT2D eigenvalue weighted by Crippen LogP contribution is 2.38. The van der Waals surface area contributed by atoms with Crippen molar-refractivity contribution in [3.05, 3.63) is 71.5 Å². The van der Waals surface area contributed by atoms with Gasteiger partial charge in [0, 0.05) is 10.9 Å². The molecule has 3 heteroatoms. The van der Waals surface area contributed by atoms with Crippen molar-refractivity contribution in [3.8, 4) is 16.9 Å². The van der Waals surface area contributed by atoms with E-state index in [1.54, 1.807) is 18.2 Å². The number of methoxy groups -OCH3 is 1. The van der Waals surface area contributed by atoms with E-state index in [1.807, 2.05) is 42.5 Å². The molecular formula is C20H14O3. The zero-order chi connectivity index (χ0) is 16.0. The summed E-state index contributed by atoms with van der Waals surface area (Å²) in [5.41, 5.74) is 3.63. The van der Waals surface area contributed by atoms with E-state index >= 15 is 0 Å². The number of carbonyl (C=O) groups excluding carboxylic acids is 1. The first-order valence-corrected chi connectivity index (χ1v) is 7.34. The second kappa shape index (κ2) is 4.99. The Morgan fingerprint density at radius 2 is 1.70 bits per heavy atom. The van der Waals surface area contributed by atoms with Crippen LogP contribution in [0.15, 0.2) is 60.4 Å². The average molecular weight is 302 g/mol. The number of aromatic hydroxyl groups is 1. The van der Waals surface area contributed by atoms with Gasteiger partial charge in [0.1, 0.15) is 5.75 Å². The largest absolute Gasteiger partial charge is 0.508 e. The third-order valence-electron chi connectivity index (χ3n) is 4.23. The standard InChI is InChI=1S/C20H14O3/c1-23-18-11-17-15(12-5-8-14(21)9-6-12)10-7-13-3-2-4-16(19(13)17)20(18)22/h2-11,21H,1H3. The number of Topliss-reactive ketones (excluding diaryl/α,β-unsaturated/α-hetero) is 1. The van der Waals surface area contributed by atoms with Crippen molar-refractivity contribution in [2.75, 3.05) is 7.11 Å². The van der Waals surface area contributed by atoms with Crippen LogP contribution in [0.25, 0.3) is 28.0 Å². The molecule has 23 heavy (non-hydrogen) atoms. The number of phenolic OH excluding ortho intramolecular Hbond substituents is 1. The molecule has 0 aliphatic heterocycles. The van der Waals surface area contributed by atoms with E-state index in [0.717, 1.165) is 27.5 Å². The fraction of sp³-hybridized carbons (Fsp3) is 0.0500. The lowest BCUT2D eigenvalue weighted by Crippen LogP contribution is -2.11. The van der Waals surface area contributed by atoms with Gasteiger partial charge in [-0.25, -0.2) is 0 Å². The molecule has 0 saturated heterocycles. The van der Waals surface area contributed by atoms with Crippen LogP contribution in [-0.2, 0) is 4.74 Å². The predicted octanol–water partition coefficient (Wildman–Crippen LogP) is 4.40. The minimum absolute atomic E-state index is 0.0894. The van der Waals surface area contributed by atoms with Crippen LogP contribution in [0.1, 0.15) is 15.9 Å². The molecule has 0 aromatic heterocycles. The number of carbonyl (C=O) groups is 1. The Kier molecular flexibility index (Phi) is 2.95. The lowest BCUT2D eigenvalue weighted by molar-refractivity contribution is 0.0957. The lowest BCUT2D eigenvalue weighted by Gasteiger charge is -2.19. The molecule has 1 aliphatic rings. The Bertz CT molecular complexity index is 966. The highest BCUT2D eigenvalue weighted by atomic mass is 16.5. The van der Waals surface area contributed by atoms with E-state index < -0.39 is 0 Å². The van der Waals surface area contributed by atoms with Gasteiger partial charge in [0.2, 0.25) is 5.78 Å². The van der Waals surface area contributed by atoms with Crippen LogP contribution in [-0.4, -0.2) is 18.0 Å². The number of allylic oxidation sites excluding steroid dienone is 1. The second-order valence-corrected chi connectivity index (χ2v) is 5.52. The fourth-order valence-electron chi connectivity index (χ4n) is 3.12. The van der Waals surface area contributed by atoms with Gasteiger partial charge in [0.05, 0.1) is 7.11 Å². The number of hydrogen-bond acceptors (Lipinski definition) is 3. The second-order valence-electron chi connectivity index (χ2n) is 5.52. The molecule has 3 nitrogen and oxygen atoms in total. The zero-order valence-electron chi connectivity index (χ0n) is 12.5. The van der Waals surface area contributed by atoms with E-state index in [-0.39, 0.29) is 11.5 Å². The molecule has 3 aromatic carbocycles. The van der Waals surface area contributed by atoms with E-state index in [4.69, 9.17) is 4.74 Å². The molecule has 1 N–H and O–H groups in total. The van der Waals surface area contributed by atoms with Gasteiger partial charge in [0.15, 0.2) is 5.76 Å². The number of benzene rings is 3. The molecule has 3 aromatic rings. The summed E-state index contributed by atoms with van der Waals surface area (Å²) in [6.07, 6.45) is 1.81. The van der Waals surface area contributed by atoms with Crippen molar-refractivity contribution in [2.45, 2.75) is 0 Å². The number of ether oxygens (including phenoxy) is 1. The summed E-state index contributed by atoms with van der Waals surface area (Å²) >= 11 is 0. The van der Waals surface area contributed by atoms with E-state index in [1.165, 1.54) is 7.11 Å². The summed E-state index contributed by atoms with van der Waals surface area (Å²) in [5, 5.41) is 11.5. The van der Waals surface area contributed by atoms with E-state index in [9.17, 15) is 9.90 Å². The molecule has 0 heterocycles. The van der Waals surface area contributed by atoms with E-state index in [2.05, 4.69) is 0 Å². The summed E-state index contributed by atoms with van der Waals surface area (Å²) in [4.78, 5) is 12.5. The number of rotatable bonds is 2. The maximum Gasteiger partial charge on any atom is 0.228 e. The van der Waals surface area contributed by atoms with Crippen molar-refractivity contribution in [1.82, 2.24) is 0 Å². The van der Waals surface area contributed by atoms with E-state index in [0.29, 0.717) is 11.3 Å². The maximum absolute atomic E-state index is 12.5. The zero-order valence-corrected chi connectivity index (χ0v) is 12.5. The predicted molar refractivity (Wildman–Crippen MR) is 90.4 cm³/mol. The molecule has 0 radical (unpaired) electrons. The van der Waals surface area contributed by atoms with Crippen molar-refractivity contribution < 1.29 is 14.6 Å². The molecule has 0 unspecified atom stereocenters. The molecule has 0 fully saturated rings. The third kappa shape index (κ3) is 2.01. The summed E-state index contributed by atoms with van der Waals surface area (Å²) in [5.74, 6) is 0.483. The molecule has 4 rings (SSSR count). The molecule has 0 saturated carbocycles. The maximum atomic E-state index is 12.5. The molecule has 1 aliphatic carbocycles. The summed E-state index contributed by atoms with van der Waals surface area (Å²) < 4.78 is 5.27. The quantitative estimate of drug-likeness (QED) is 0.763. The van der Waals surface area contributed by atoms with Crippen molar-refractivity contribution >= 4 is 22.6 Å². The van der Waals surface area contributed by atoms with Crippen LogP contribution < -0.4 is 0 Å². The van der Waals surface area contributed by atoms with Gasteiger partial charge >= 0.3 is 0 Å². The molecule has 0 amide bonds. The average Bonchev–Trinajstić information content (AvgIpc) is 2.59. The molecular weight excluding hydrogens is 288 g/mol. The minimum Gasteiger partial charge on any atom is -0.508 e. The molecule has 0 atom stereocenters. The normalized spacial score (nSPS) is 13.1. The van der Waals surface area contributed by atoms with Crippen LogP contribution >= 0.6 is 0 Å². The van der Waals surface area contributed by atoms with Crippen LogP contribution in [0.4, 0.5) is 0 Å². The first-order valence-electron chi connectivity index (χ1n) is 7.34.